The van der Waals surface area contributed by atoms with Gasteiger partial charge in [-0.2, -0.15) is 18.6 Å². The number of nitrogens with one attached hydrogen (secondary N) is 2. The molecule has 0 atom stereocenters. The summed E-state index contributed by atoms with van der Waals surface area (Å²) < 4.78 is 40.4. The quantitative estimate of drug-likeness (QED) is 0.430. The molecule has 10 heteroatoms. The number of ether oxygens (including phenoxy) is 3. The average molecular weight is 416 g/mol. The summed E-state index contributed by atoms with van der Waals surface area (Å²) in [6.07, 6.45) is 2.93. The van der Waals surface area contributed by atoms with E-state index in [2.05, 4.69) is 20.1 Å². The van der Waals surface area contributed by atoms with E-state index in [0.717, 1.165) is 11.3 Å². The summed E-state index contributed by atoms with van der Waals surface area (Å²) in [6, 6.07) is 11.6. The second-order valence-corrected chi connectivity index (χ2v) is 7.46. The number of methoxy groups -OCH3 is 3. The van der Waals surface area contributed by atoms with Crippen molar-refractivity contribution in [1.82, 2.24) is 15.0 Å². The number of H-pyrrole nitrogens is 1. The van der Waals surface area contributed by atoms with Gasteiger partial charge < -0.3 is 14.2 Å². The third-order valence-corrected chi connectivity index (χ3v) is 5.31. The zero-order chi connectivity index (χ0) is 20.9. The predicted molar refractivity (Wildman–Crippen MR) is 108 cm³/mol. The zero-order valence-corrected chi connectivity index (χ0v) is 16.9. The van der Waals surface area contributed by atoms with Crippen molar-refractivity contribution in [3.63, 3.8) is 0 Å². The molecule has 0 radical (unpaired) electrons. The van der Waals surface area contributed by atoms with Crippen molar-refractivity contribution in [2.75, 3.05) is 21.3 Å². The lowest BCUT2D eigenvalue weighted by molar-refractivity contribution is 0.354. The van der Waals surface area contributed by atoms with Crippen LogP contribution in [0.4, 0.5) is 0 Å². The van der Waals surface area contributed by atoms with Crippen molar-refractivity contribution in [1.29, 1.82) is 0 Å². The van der Waals surface area contributed by atoms with Crippen LogP contribution in [-0.4, -0.2) is 46.2 Å². The van der Waals surface area contributed by atoms with Crippen LogP contribution < -0.4 is 19.0 Å². The van der Waals surface area contributed by atoms with Crippen molar-refractivity contribution < 1.29 is 22.6 Å². The van der Waals surface area contributed by atoms with Crippen LogP contribution in [0.25, 0.3) is 11.3 Å². The third-order valence-electron chi connectivity index (χ3n) is 4.09. The topological polar surface area (TPSA) is 115 Å². The molecule has 0 unspecified atom stereocenters. The summed E-state index contributed by atoms with van der Waals surface area (Å²) in [5, 5.41) is 10.7. The molecule has 0 bridgehead atoms. The maximum atomic E-state index is 12.5. The summed E-state index contributed by atoms with van der Waals surface area (Å²) in [5.41, 5.74) is 2.17. The minimum atomic E-state index is -3.89. The lowest BCUT2D eigenvalue weighted by Crippen LogP contribution is -2.18. The molecule has 2 N–H and O–H groups in total. The first-order valence-corrected chi connectivity index (χ1v) is 9.91. The number of benzene rings is 2. The molecule has 0 saturated carbocycles. The Morgan fingerprint density at radius 1 is 1.00 bits per heavy atom. The SMILES string of the molecule is COc1ccc(-c2[nH]ncc2C=NNS(=O)(=O)c2ccc(OC)c(OC)c2)cc1. The van der Waals surface area contributed by atoms with Crippen molar-refractivity contribution in [3.8, 4) is 28.5 Å². The number of hydrogen-bond donors (Lipinski definition) is 2. The van der Waals surface area contributed by atoms with Gasteiger partial charge in [0.1, 0.15) is 5.75 Å². The summed E-state index contributed by atoms with van der Waals surface area (Å²) in [5.74, 6) is 1.46. The molecule has 0 fully saturated rings. The Bertz CT molecular complexity index is 1110. The van der Waals surface area contributed by atoms with Crippen LogP contribution in [0.2, 0.25) is 0 Å². The fraction of sp³-hybridized carbons (Fsp3) is 0.158. The number of rotatable bonds is 8. The largest absolute Gasteiger partial charge is 0.497 e. The maximum absolute atomic E-state index is 12.5. The molecule has 3 rings (SSSR count). The maximum Gasteiger partial charge on any atom is 0.276 e. The van der Waals surface area contributed by atoms with Crippen LogP contribution in [0, 0.1) is 0 Å². The highest BCUT2D eigenvalue weighted by Crippen LogP contribution is 2.29. The lowest BCUT2D eigenvalue weighted by atomic mass is 10.1. The number of aromatic nitrogens is 2. The highest BCUT2D eigenvalue weighted by molar-refractivity contribution is 7.89. The third kappa shape index (κ3) is 4.49. The molecule has 1 heterocycles. The Labute approximate surface area is 168 Å². The summed E-state index contributed by atoms with van der Waals surface area (Å²) in [7, 11) is 0.605. The van der Waals surface area contributed by atoms with Crippen molar-refractivity contribution in [2.24, 2.45) is 5.10 Å². The van der Waals surface area contributed by atoms with Gasteiger partial charge in [0.2, 0.25) is 0 Å². The molecular weight excluding hydrogens is 396 g/mol. The van der Waals surface area contributed by atoms with Crippen LogP contribution in [0.15, 0.2) is 58.7 Å². The lowest BCUT2D eigenvalue weighted by Gasteiger charge is -2.09. The van der Waals surface area contributed by atoms with Gasteiger partial charge in [-0.05, 0) is 36.4 Å². The molecule has 29 heavy (non-hydrogen) atoms. The molecule has 0 amide bonds. The Balaban J connectivity index is 1.78. The predicted octanol–water partition coefficient (Wildman–Crippen LogP) is 2.41. The van der Waals surface area contributed by atoms with Gasteiger partial charge in [-0.1, -0.05) is 0 Å². The van der Waals surface area contributed by atoms with Gasteiger partial charge in [0, 0.05) is 17.2 Å². The van der Waals surface area contributed by atoms with E-state index in [1.807, 2.05) is 24.3 Å². The molecule has 0 aliphatic rings. The van der Waals surface area contributed by atoms with E-state index in [1.54, 1.807) is 13.3 Å². The minimum Gasteiger partial charge on any atom is -0.497 e. The van der Waals surface area contributed by atoms with E-state index in [4.69, 9.17) is 14.2 Å². The van der Waals surface area contributed by atoms with Crippen molar-refractivity contribution in [2.45, 2.75) is 4.90 Å². The van der Waals surface area contributed by atoms with E-state index in [0.29, 0.717) is 22.8 Å². The van der Waals surface area contributed by atoms with E-state index in [1.165, 1.54) is 38.6 Å². The fourth-order valence-electron chi connectivity index (χ4n) is 2.58. The van der Waals surface area contributed by atoms with E-state index in [9.17, 15) is 8.42 Å². The van der Waals surface area contributed by atoms with Gasteiger partial charge in [0.15, 0.2) is 11.5 Å². The number of hydrazone groups is 1. The number of aromatic amines is 1. The standard InChI is InChI=1S/C19H20N4O5S/c1-26-15-6-4-13(5-7-15)19-14(11-20-22-19)12-21-23-29(24,25)16-8-9-17(27-2)18(10-16)28-3/h4-12,23H,1-3H3,(H,20,22). The molecule has 0 aliphatic carbocycles. The average Bonchev–Trinajstić information content (AvgIpc) is 3.21. The molecule has 0 aliphatic heterocycles. The summed E-state index contributed by atoms with van der Waals surface area (Å²) in [4.78, 5) is 2.18. The fourth-order valence-corrected chi connectivity index (χ4v) is 3.39. The Morgan fingerprint density at radius 2 is 1.72 bits per heavy atom. The first-order valence-electron chi connectivity index (χ1n) is 8.43. The molecule has 1 aromatic heterocycles. The van der Waals surface area contributed by atoms with Crippen molar-refractivity contribution >= 4 is 16.2 Å². The van der Waals surface area contributed by atoms with Gasteiger partial charge >= 0.3 is 0 Å². The second kappa shape index (κ2) is 8.65. The monoisotopic (exact) mass is 416 g/mol. The van der Waals surface area contributed by atoms with Gasteiger partial charge in [0.25, 0.3) is 10.0 Å². The number of nitrogens with zero attached hydrogens (tertiary/aromatic N) is 2. The van der Waals surface area contributed by atoms with E-state index in [-0.39, 0.29) is 4.90 Å². The highest BCUT2D eigenvalue weighted by atomic mass is 32.2. The Hall–Kier alpha value is -3.53. The summed E-state index contributed by atoms with van der Waals surface area (Å²) in [6.45, 7) is 0. The molecule has 152 valence electrons. The molecule has 0 spiro atoms. The smallest absolute Gasteiger partial charge is 0.276 e. The highest BCUT2D eigenvalue weighted by Gasteiger charge is 2.16. The molecule has 9 nitrogen and oxygen atoms in total. The van der Waals surface area contributed by atoms with Gasteiger partial charge in [-0.15, -0.1) is 0 Å². The molecule has 2 aromatic carbocycles. The Morgan fingerprint density at radius 3 is 2.38 bits per heavy atom. The normalized spacial score (nSPS) is 11.4. The molecule has 0 saturated heterocycles. The van der Waals surface area contributed by atoms with E-state index >= 15 is 0 Å². The van der Waals surface area contributed by atoms with Crippen LogP contribution in [0.5, 0.6) is 17.2 Å². The van der Waals surface area contributed by atoms with Crippen molar-refractivity contribution in [3.05, 3.63) is 54.2 Å². The molecular formula is C19H20N4O5S. The Kier molecular flexibility index (Phi) is 6.03. The van der Waals surface area contributed by atoms with E-state index < -0.39 is 10.0 Å². The number of sulfonamides is 1. The van der Waals surface area contributed by atoms with Crippen LogP contribution in [-0.2, 0) is 10.0 Å². The van der Waals surface area contributed by atoms with Gasteiger partial charge in [0.05, 0.1) is 44.3 Å². The molecule has 3 aromatic rings. The second-order valence-electron chi connectivity index (χ2n) is 5.80. The summed E-state index contributed by atoms with van der Waals surface area (Å²) >= 11 is 0. The zero-order valence-electron chi connectivity index (χ0n) is 16.0. The first kappa shape index (κ1) is 20.2. The first-order chi connectivity index (χ1) is 14.0. The number of hydrogen-bond acceptors (Lipinski definition) is 7. The van der Waals surface area contributed by atoms with Crippen LogP contribution in [0.3, 0.4) is 0 Å². The van der Waals surface area contributed by atoms with Gasteiger partial charge in [-0.25, -0.2) is 4.83 Å². The van der Waals surface area contributed by atoms with Crippen LogP contribution >= 0.6 is 0 Å². The minimum absolute atomic E-state index is 0.00475. The van der Waals surface area contributed by atoms with Crippen LogP contribution in [0.1, 0.15) is 5.56 Å². The van der Waals surface area contributed by atoms with Gasteiger partial charge in [-0.3, -0.25) is 5.10 Å².